The molecule has 0 atom stereocenters. The van der Waals surface area contributed by atoms with E-state index in [1.807, 2.05) is 0 Å². The monoisotopic (exact) mass is 311 g/mol. The summed E-state index contributed by atoms with van der Waals surface area (Å²) in [5.41, 5.74) is 0.328. The van der Waals surface area contributed by atoms with Gasteiger partial charge in [0.1, 0.15) is 11.5 Å². The molecule has 2 rings (SSSR count). The standard InChI is InChI=1S/C12H11ClFN5O2/c1-6-10(19(20)21)11(18-12(15-2)16-6)17-7-3-4-9(14)8(13)5-7/h3-5H,1-2H3,(H2,15,16,17,18). The number of aryl methyl sites for hydroxylation is 1. The largest absolute Gasteiger partial charge is 0.357 e. The van der Waals surface area contributed by atoms with Crippen LogP contribution in [0.25, 0.3) is 0 Å². The van der Waals surface area contributed by atoms with E-state index < -0.39 is 10.7 Å². The van der Waals surface area contributed by atoms with Crippen LogP contribution >= 0.6 is 11.6 Å². The summed E-state index contributed by atoms with van der Waals surface area (Å²) < 4.78 is 13.1. The first-order valence-corrected chi connectivity index (χ1v) is 6.23. The molecule has 0 bridgehead atoms. The first-order chi connectivity index (χ1) is 9.92. The third-order valence-electron chi connectivity index (χ3n) is 2.65. The van der Waals surface area contributed by atoms with Gasteiger partial charge in [-0.1, -0.05) is 11.6 Å². The lowest BCUT2D eigenvalue weighted by Gasteiger charge is -2.09. The number of hydrogen-bond donors (Lipinski definition) is 2. The molecular formula is C12H11ClFN5O2. The van der Waals surface area contributed by atoms with E-state index in [0.29, 0.717) is 5.69 Å². The van der Waals surface area contributed by atoms with Crippen LogP contribution in [0.5, 0.6) is 0 Å². The lowest BCUT2D eigenvalue weighted by Crippen LogP contribution is -2.07. The van der Waals surface area contributed by atoms with E-state index in [9.17, 15) is 14.5 Å². The Morgan fingerprint density at radius 1 is 1.38 bits per heavy atom. The molecule has 1 heterocycles. The van der Waals surface area contributed by atoms with Crippen molar-refractivity contribution in [3.63, 3.8) is 0 Å². The van der Waals surface area contributed by atoms with Gasteiger partial charge in [0, 0.05) is 12.7 Å². The van der Waals surface area contributed by atoms with Crippen molar-refractivity contribution in [3.8, 4) is 0 Å². The average Bonchev–Trinajstić information content (AvgIpc) is 2.41. The topological polar surface area (TPSA) is 93.0 Å². The number of hydrogen-bond acceptors (Lipinski definition) is 6. The molecule has 1 aromatic carbocycles. The van der Waals surface area contributed by atoms with E-state index in [1.165, 1.54) is 19.1 Å². The lowest BCUT2D eigenvalue weighted by molar-refractivity contribution is -0.385. The second-order valence-electron chi connectivity index (χ2n) is 4.09. The van der Waals surface area contributed by atoms with Crippen LogP contribution in [0.15, 0.2) is 18.2 Å². The number of aromatic nitrogens is 2. The van der Waals surface area contributed by atoms with E-state index in [2.05, 4.69) is 20.6 Å². The minimum atomic E-state index is -0.581. The number of nitrogens with one attached hydrogen (secondary N) is 2. The highest BCUT2D eigenvalue weighted by Gasteiger charge is 2.22. The van der Waals surface area contributed by atoms with Gasteiger partial charge < -0.3 is 10.6 Å². The number of anilines is 3. The van der Waals surface area contributed by atoms with Crippen molar-refractivity contribution in [2.24, 2.45) is 0 Å². The molecule has 2 N–H and O–H groups in total. The molecule has 7 nitrogen and oxygen atoms in total. The Morgan fingerprint density at radius 2 is 2.10 bits per heavy atom. The zero-order valence-electron chi connectivity index (χ0n) is 11.1. The maximum atomic E-state index is 13.1. The summed E-state index contributed by atoms with van der Waals surface area (Å²) in [6.45, 7) is 1.50. The van der Waals surface area contributed by atoms with E-state index in [4.69, 9.17) is 11.6 Å². The highest BCUT2D eigenvalue weighted by atomic mass is 35.5. The molecular weight excluding hydrogens is 301 g/mol. The third kappa shape index (κ3) is 3.16. The first kappa shape index (κ1) is 14.9. The molecule has 1 aromatic heterocycles. The molecule has 9 heteroatoms. The van der Waals surface area contributed by atoms with Gasteiger partial charge in [-0.2, -0.15) is 4.98 Å². The van der Waals surface area contributed by atoms with Crippen molar-refractivity contribution in [3.05, 3.63) is 44.8 Å². The molecule has 2 aromatic rings. The molecule has 0 saturated carbocycles. The quantitative estimate of drug-likeness (QED) is 0.665. The Hall–Kier alpha value is -2.48. The van der Waals surface area contributed by atoms with Crippen molar-refractivity contribution in [1.82, 2.24) is 9.97 Å². The summed E-state index contributed by atoms with van der Waals surface area (Å²) in [6.07, 6.45) is 0. The molecule has 0 aliphatic heterocycles. The van der Waals surface area contributed by atoms with E-state index >= 15 is 0 Å². The maximum Gasteiger partial charge on any atom is 0.332 e. The predicted octanol–water partition coefficient (Wildman–Crippen LogP) is 3.27. The van der Waals surface area contributed by atoms with Crippen LogP contribution in [0, 0.1) is 22.9 Å². The number of rotatable bonds is 4. The molecule has 0 unspecified atom stereocenters. The van der Waals surface area contributed by atoms with E-state index in [-0.39, 0.29) is 28.2 Å². The number of nitrogens with zero attached hydrogens (tertiary/aromatic N) is 3. The van der Waals surface area contributed by atoms with Crippen LogP contribution in [-0.4, -0.2) is 21.9 Å². The molecule has 0 aliphatic carbocycles. The molecule has 110 valence electrons. The summed E-state index contributed by atoms with van der Waals surface area (Å²) in [4.78, 5) is 18.5. The second-order valence-corrected chi connectivity index (χ2v) is 4.50. The van der Waals surface area contributed by atoms with Crippen molar-refractivity contribution >= 4 is 34.7 Å². The fourth-order valence-electron chi connectivity index (χ4n) is 1.70. The number of benzene rings is 1. The number of nitro groups is 1. The minimum absolute atomic E-state index is 0.000440. The first-order valence-electron chi connectivity index (χ1n) is 5.85. The van der Waals surface area contributed by atoms with Gasteiger partial charge in [0.05, 0.1) is 9.95 Å². The summed E-state index contributed by atoms with van der Waals surface area (Å²) >= 11 is 5.68. The summed E-state index contributed by atoms with van der Waals surface area (Å²) in [6, 6.07) is 3.88. The fourth-order valence-corrected chi connectivity index (χ4v) is 1.88. The Bertz CT molecular complexity index is 710. The van der Waals surface area contributed by atoms with Gasteiger partial charge in [-0.15, -0.1) is 0 Å². The van der Waals surface area contributed by atoms with Crippen LogP contribution < -0.4 is 10.6 Å². The minimum Gasteiger partial charge on any atom is -0.357 e. The average molecular weight is 312 g/mol. The Kier molecular flexibility index (Phi) is 4.18. The summed E-state index contributed by atoms with van der Waals surface area (Å²) in [5, 5.41) is 16.5. The maximum absolute atomic E-state index is 13.1. The van der Waals surface area contributed by atoms with Gasteiger partial charge in [0.2, 0.25) is 11.8 Å². The van der Waals surface area contributed by atoms with Crippen molar-refractivity contribution in [2.75, 3.05) is 17.7 Å². The Balaban J connectivity index is 2.48. The molecule has 0 saturated heterocycles. The van der Waals surface area contributed by atoms with Gasteiger partial charge in [-0.25, -0.2) is 9.37 Å². The fraction of sp³-hybridized carbons (Fsp3) is 0.167. The van der Waals surface area contributed by atoms with Gasteiger partial charge in [0.15, 0.2) is 0 Å². The van der Waals surface area contributed by atoms with Crippen LogP contribution in [0.4, 0.5) is 27.5 Å². The summed E-state index contributed by atoms with van der Waals surface area (Å²) in [5.74, 6) is -0.347. The van der Waals surface area contributed by atoms with E-state index in [0.717, 1.165) is 6.07 Å². The van der Waals surface area contributed by atoms with Gasteiger partial charge in [0.25, 0.3) is 0 Å². The van der Waals surface area contributed by atoms with Gasteiger partial charge >= 0.3 is 5.69 Å². The highest BCUT2D eigenvalue weighted by molar-refractivity contribution is 6.31. The second kappa shape index (κ2) is 5.88. The normalized spacial score (nSPS) is 10.3. The Morgan fingerprint density at radius 3 is 2.67 bits per heavy atom. The smallest absolute Gasteiger partial charge is 0.332 e. The van der Waals surface area contributed by atoms with Crippen molar-refractivity contribution in [1.29, 1.82) is 0 Å². The highest BCUT2D eigenvalue weighted by Crippen LogP contribution is 2.30. The third-order valence-corrected chi connectivity index (χ3v) is 2.94. The Labute approximate surface area is 124 Å². The number of halogens is 2. The molecule has 21 heavy (non-hydrogen) atoms. The van der Waals surface area contributed by atoms with Crippen LogP contribution in [0.3, 0.4) is 0 Å². The van der Waals surface area contributed by atoms with Gasteiger partial charge in [-0.05, 0) is 25.1 Å². The SMILES string of the molecule is CNc1nc(C)c([N+](=O)[O-])c(Nc2ccc(F)c(Cl)c2)n1. The molecule has 0 amide bonds. The lowest BCUT2D eigenvalue weighted by atomic mass is 10.3. The van der Waals surface area contributed by atoms with Gasteiger partial charge in [-0.3, -0.25) is 10.1 Å². The van der Waals surface area contributed by atoms with Crippen molar-refractivity contribution < 1.29 is 9.31 Å². The van der Waals surface area contributed by atoms with Crippen LogP contribution in [0.1, 0.15) is 5.69 Å². The molecule has 0 radical (unpaired) electrons. The predicted molar refractivity (Wildman–Crippen MR) is 77.7 cm³/mol. The van der Waals surface area contributed by atoms with Crippen molar-refractivity contribution in [2.45, 2.75) is 6.92 Å². The molecule has 0 aliphatic rings. The van der Waals surface area contributed by atoms with Crippen LogP contribution in [0.2, 0.25) is 5.02 Å². The summed E-state index contributed by atoms with van der Waals surface area (Å²) in [7, 11) is 1.60. The molecule has 0 fully saturated rings. The zero-order chi connectivity index (χ0) is 15.6. The zero-order valence-corrected chi connectivity index (χ0v) is 11.9. The van der Waals surface area contributed by atoms with E-state index in [1.54, 1.807) is 7.05 Å². The van der Waals surface area contributed by atoms with Crippen LogP contribution in [-0.2, 0) is 0 Å². The molecule has 0 spiro atoms.